The van der Waals surface area contributed by atoms with Gasteiger partial charge in [-0.1, -0.05) is 11.6 Å². The van der Waals surface area contributed by atoms with Crippen molar-refractivity contribution in [3.8, 4) is 0 Å². The number of benzene rings is 1. The number of amides is 1. The highest BCUT2D eigenvalue weighted by Gasteiger charge is 2.27. The van der Waals surface area contributed by atoms with Crippen molar-refractivity contribution in [1.29, 1.82) is 0 Å². The molecule has 1 aliphatic rings. The zero-order valence-electron chi connectivity index (χ0n) is 10.6. The van der Waals surface area contributed by atoms with Crippen LogP contribution in [-0.4, -0.2) is 10.5 Å². The Balaban J connectivity index is 1.84. The average Bonchev–Trinajstić information content (AvgIpc) is 3.17. The average molecular weight is 355 g/mol. The monoisotopic (exact) mass is 353 g/mol. The Bertz CT molecular complexity index is 679. The molecule has 104 valence electrons. The molecule has 1 heterocycles. The highest BCUT2D eigenvalue weighted by Crippen LogP contribution is 2.37. The fourth-order valence-electron chi connectivity index (χ4n) is 2.11. The van der Waals surface area contributed by atoms with Gasteiger partial charge in [-0.3, -0.25) is 4.79 Å². The molecule has 20 heavy (non-hydrogen) atoms. The first-order chi connectivity index (χ1) is 9.54. The van der Waals surface area contributed by atoms with E-state index in [9.17, 15) is 4.79 Å². The summed E-state index contributed by atoms with van der Waals surface area (Å²) in [5, 5.41) is 3.40. The second kappa shape index (κ2) is 5.14. The quantitative estimate of drug-likeness (QED) is 0.872. The molecule has 4 nitrogen and oxygen atoms in total. The molecule has 1 amide bonds. The van der Waals surface area contributed by atoms with Crippen LogP contribution < -0.4 is 11.1 Å². The van der Waals surface area contributed by atoms with E-state index in [1.54, 1.807) is 24.3 Å². The SMILES string of the molecule is Nc1cc(C(=O)Nc2ccc(Br)c(Cl)c2)n(C2CC2)c1. The summed E-state index contributed by atoms with van der Waals surface area (Å²) < 4.78 is 2.74. The highest BCUT2D eigenvalue weighted by atomic mass is 79.9. The third-order valence-electron chi connectivity index (χ3n) is 3.22. The lowest BCUT2D eigenvalue weighted by molar-refractivity contribution is 0.101. The van der Waals surface area contributed by atoms with Gasteiger partial charge in [0.1, 0.15) is 5.69 Å². The van der Waals surface area contributed by atoms with Crippen molar-refractivity contribution in [3.63, 3.8) is 0 Å². The number of nitrogens with one attached hydrogen (secondary N) is 1. The van der Waals surface area contributed by atoms with Crippen LogP contribution in [0.15, 0.2) is 34.9 Å². The maximum absolute atomic E-state index is 12.3. The van der Waals surface area contributed by atoms with Gasteiger partial charge < -0.3 is 15.6 Å². The minimum absolute atomic E-state index is 0.174. The van der Waals surface area contributed by atoms with Crippen LogP contribution in [-0.2, 0) is 0 Å². The fourth-order valence-corrected chi connectivity index (χ4v) is 2.53. The van der Waals surface area contributed by atoms with Crippen molar-refractivity contribution in [3.05, 3.63) is 45.7 Å². The lowest BCUT2D eigenvalue weighted by Crippen LogP contribution is -2.16. The molecular weight excluding hydrogens is 342 g/mol. The van der Waals surface area contributed by atoms with Crippen LogP contribution in [0.5, 0.6) is 0 Å². The standard InChI is InChI=1S/C14H13BrClN3O/c15-11-4-1-9(6-12(11)16)18-14(20)13-5-8(17)7-19(13)10-2-3-10/h1,4-7,10H,2-3,17H2,(H,18,20). The Morgan fingerprint density at radius 3 is 2.80 bits per heavy atom. The van der Waals surface area contributed by atoms with Crippen LogP contribution in [0.4, 0.5) is 11.4 Å². The van der Waals surface area contributed by atoms with Crippen molar-refractivity contribution in [1.82, 2.24) is 4.57 Å². The molecule has 0 spiro atoms. The lowest BCUT2D eigenvalue weighted by Gasteiger charge is -2.09. The normalized spacial score (nSPS) is 14.3. The van der Waals surface area contributed by atoms with E-state index < -0.39 is 0 Å². The minimum atomic E-state index is -0.174. The van der Waals surface area contributed by atoms with Crippen molar-refractivity contribution >= 4 is 44.8 Å². The molecule has 0 atom stereocenters. The van der Waals surface area contributed by atoms with Crippen LogP contribution in [0.3, 0.4) is 0 Å². The van der Waals surface area contributed by atoms with E-state index in [2.05, 4.69) is 21.2 Å². The van der Waals surface area contributed by atoms with Gasteiger partial charge in [0, 0.05) is 22.4 Å². The molecule has 1 aromatic carbocycles. The summed E-state index contributed by atoms with van der Waals surface area (Å²) in [6, 6.07) is 7.40. The fraction of sp³-hybridized carbons (Fsp3) is 0.214. The first-order valence-electron chi connectivity index (χ1n) is 6.28. The van der Waals surface area contributed by atoms with Gasteiger partial charge >= 0.3 is 0 Å². The lowest BCUT2D eigenvalue weighted by atomic mass is 10.3. The Morgan fingerprint density at radius 2 is 2.15 bits per heavy atom. The summed E-state index contributed by atoms with van der Waals surface area (Å²) in [6.45, 7) is 0. The predicted molar refractivity (Wildman–Crippen MR) is 84.2 cm³/mol. The topological polar surface area (TPSA) is 60.1 Å². The Hall–Kier alpha value is -1.46. The Kier molecular flexibility index (Phi) is 3.48. The molecule has 1 aromatic heterocycles. The highest BCUT2D eigenvalue weighted by molar-refractivity contribution is 9.10. The number of carbonyl (C=O) groups is 1. The number of rotatable bonds is 3. The van der Waals surface area contributed by atoms with Crippen LogP contribution in [0.25, 0.3) is 0 Å². The van der Waals surface area contributed by atoms with E-state index in [1.807, 2.05) is 10.8 Å². The number of aromatic nitrogens is 1. The molecule has 3 rings (SSSR count). The maximum Gasteiger partial charge on any atom is 0.272 e. The van der Waals surface area contributed by atoms with Gasteiger partial charge in [-0.05, 0) is 53.0 Å². The smallest absolute Gasteiger partial charge is 0.272 e. The molecule has 1 saturated carbocycles. The molecule has 2 aromatic rings. The molecule has 0 unspecified atom stereocenters. The molecule has 1 fully saturated rings. The van der Waals surface area contributed by atoms with Crippen LogP contribution in [0.1, 0.15) is 29.4 Å². The van der Waals surface area contributed by atoms with Crippen molar-refractivity contribution in [2.75, 3.05) is 11.1 Å². The van der Waals surface area contributed by atoms with Gasteiger partial charge in [0.15, 0.2) is 0 Å². The zero-order chi connectivity index (χ0) is 14.3. The Morgan fingerprint density at radius 1 is 1.40 bits per heavy atom. The predicted octanol–water partition coefficient (Wildman–Crippen LogP) is 4.07. The number of halogens is 2. The van der Waals surface area contributed by atoms with Crippen molar-refractivity contribution in [2.24, 2.45) is 0 Å². The number of hydrogen-bond acceptors (Lipinski definition) is 2. The number of nitrogens with zero attached hydrogens (tertiary/aromatic N) is 1. The van der Waals surface area contributed by atoms with Gasteiger partial charge in [-0.25, -0.2) is 0 Å². The maximum atomic E-state index is 12.3. The molecule has 0 radical (unpaired) electrons. The van der Waals surface area contributed by atoms with Gasteiger partial charge in [0.05, 0.1) is 10.7 Å². The van der Waals surface area contributed by atoms with E-state index in [-0.39, 0.29) is 5.91 Å². The van der Waals surface area contributed by atoms with Crippen molar-refractivity contribution in [2.45, 2.75) is 18.9 Å². The second-order valence-electron chi connectivity index (χ2n) is 4.88. The van der Waals surface area contributed by atoms with E-state index in [0.29, 0.717) is 28.1 Å². The van der Waals surface area contributed by atoms with Crippen LogP contribution in [0.2, 0.25) is 5.02 Å². The summed E-state index contributed by atoms with van der Waals surface area (Å²) >= 11 is 9.33. The summed E-state index contributed by atoms with van der Waals surface area (Å²) in [7, 11) is 0. The van der Waals surface area contributed by atoms with E-state index in [0.717, 1.165) is 17.3 Å². The number of anilines is 2. The van der Waals surface area contributed by atoms with Crippen molar-refractivity contribution < 1.29 is 4.79 Å². The molecular formula is C14H13BrClN3O. The van der Waals surface area contributed by atoms with E-state index in [4.69, 9.17) is 17.3 Å². The summed E-state index contributed by atoms with van der Waals surface area (Å²) in [5.41, 5.74) is 7.64. The molecule has 6 heteroatoms. The van der Waals surface area contributed by atoms with Gasteiger partial charge in [0.2, 0.25) is 0 Å². The molecule has 1 aliphatic carbocycles. The third-order valence-corrected chi connectivity index (χ3v) is 4.45. The van der Waals surface area contributed by atoms with Gasteiger partial charge in [-0.15, -0.1) is 0 Å². The first-order valence-corrected chi connectivity index (χ1v) is 7.45. The first kappa shape index (κ1) is 13.5. The largest absolute Gasteiger partial charge is 0.397 e. The third kappa shape index (κ3) is 2.69. The van der Waals surface area contributed by atoms with Gasteiger partial charge in [-0.2, -0.15) is 0 Å². The summed E-state index contributed by atoms with van der Waals surface area (Å²) in [5.74, 6) is -0.174. The summed E-state index contributed by atoms with van der Waals surface area (Å²) in [6.07, 6.45) is 4.01. The number of nitrogens with two attached hydrogens (primary N) is 1. The number of carbonyl (C=O) groups excluding carboxylic acids is 1. The molecule has 0 bridgehead atoms. The van der Waals surface area contributed by atoms with Crippen LogP contribution in [0, 0.1) is 0 Å². The van der Waals surface area contributed by atoms with E-state index in [1.165, 1.54) is 0 Å². The Labute approximate surface area is 130 Å². The minimum Gasteiger partial charge on any atom is -0.397 e. The molecule has 3 N–H and O–H groups in total. The van der Waals surface area contributed by atoms with E-state index >= 15 is 0 Å². The zero-order valence-corrected chi connectivity index (χ0v) is 12.9. The number of hydrogen-bond donors (Lipinski definition) is 2. The molecule has 0 aliphatic heterocycles. The van der Waals surface area contributed by atoms with Gasteiger partial charge in [0.25, 0.3) is 5.91 Å². The van der Waals surface area contributed by atoms with Crippen LogP contribution >= 0.6 is 27.5 Å². The molecule has 0 saturated heterocycles. The summed E-state index contributed by atoms with van der Waals surface area (Å²) in [4.78, 5) is 12.3. The number of nitrogen functional groups attached to an aromatic ring is 1. The second-order valence-corrected chi connectivity index (χ2v) is 6.14.